The van der Waals surface area contributed by atoms with E-state index in [1.165, 1.54) is 0 Å². The van der Waals surface area contributed by atoms with Crippen molar-refractivity contribution in [2.75, 3.05) is 33.9 Å². The Kier molecular flexibility index (Phi) is 5.24. The first-order chi connectivity index (χ1) is 9.72. The second-order valence-electron chi connectivity index (χ2n) is 5.02. The molecule has 1 heterocycles. The number of hydrogen-bond donors (Lipinski definition) is 2. The summed E-state index contributed by atoms with van der Waals surface area (Å²) in [7, 11) is 3.24. The molecular formula is C15H22N2O3. The summed E-state index contributed by atoms with van der Waals surface area (Å²) in [4.78, 5) is 11.7. The van der Waals surface area contributed by atoms with Crippen molar-refractivity contribution < 1.29 is 14.3 Å². The lowest BCUT2D eigenvalue weighted by Gasteiger charge is -2.26. The van der Waals surface area contributed by atoms with Gasteiger partial charge >= 0.3 is 0 Å². The predicted molar refractivity (Wildman–Crippen MR) is 77.2 cm³/mol. The molecule has 0 atom stereocenters. The number of carbonyl (C=O) groups excluding carboxylic acids is 1. The molecule has 1 aromatic rings. The Balaban J connectivity index is 1.76. The average Bonchev–Trinajstić information content (AvgIpc) is 2.42. The Morgan fingerprint density at radius 1 is 1.30 bits per heavy atom. The number of ether oxygens (including phenoxy) is 2. The van der Waals surface area contributed by atoms with Crippen LogP contribution in [-0.4, -0.2) is 39.8 Å². The van der Waals surface area contributed by atoms with Crippen LogP contribution in [0.1, 0.15) is 12.0 Å². The van der Waals surface area contributed by atoms with Crippen LogP contribution in [0, 0.1) is 5.92 Å². The highest BCUT2D eigenvalue weighted by molar-refractivity contribution is 5.76. The smallest absolute Gasteiger partial charge is 0.220 e. The quantitative estimate of drug-likeness (QED) is 0.780. The first-order valence-electron chi connectivity index (χ1n) is 6.91. The van der Waals surface area contributed by atoms with Gasteiger partial charge in [-0.05, 0) is 43.1 Å². The zero-order chi connectivity index (χ0) is 14.4. The molecule has 20 heavy (non-hydrogen) atoms. The molecule has 1 aliphatic heterocycles. The summed E-state index contributed by atoms with van der Waals surface area (Å²) in [6, 6.07) is 5.82. The van der Waals surface area contributed by atoms with Gasteiger partial charge in [0.2, 0.25) is 5.91 Å². The number of rotatable bonds is 7. The van der Waals surface area contributed by atoms with Crippen molar-refractivity contribution in [2.24, 2.45) is 5.92 Å². The molecule has 1 aromatic carbocycles. The molecule has 5 heteroatoms. The topological polar surface area (TPSA) is 59.6 Å². The number of nitrogens with one attached hydrogen (secondary N) is 2. The monoisotopic (exact) mass is 278 g/mol. The summed E-state index contributed by atoms with van der Waals surface area (Å²) in [5.41, 5.74) is 1.12. The van der Waals surface area contributed by atoms with Gasteiger partial charge in [-0.25, -0.2) is 0 Å². The van der Waals surface area contributed by atoms with Gasteiger partial charge in [0.05, 0.1) is 14.2 Å². The summed E-state index contributed by atoms with van der Waals surface area (Å²) in [5, 5.41) is 6.12. The van der Waals surface area contributed by atoms with E-state index in [1.807, 2.05) is 18.2 Å². The van der Waals surface area contributed by atoms with Gasteiger partial charge in [0.15, 0.2) is 11.5 Å². The number of amides is 1. The Bertz CT molecular complexity index is 458. The molecule has 0 saturated carbocycles. The molecule has 1 aliphatic rings. The molecule has 0 aromatic heterocycles. The summed E-state index contributed by atoms with van der Waals surface area (Å²) in [6.07, 6.45) is 1.41. The van der Waals surface area contributed by atoms with Gasteiger partial charge in [-0.1, -0.05) is 6.07 Å². The third-order valence-corrected chi connectivity index (χ3v) is 3.52. The van der Waals surface area contributed by atoms with Crippen LogP contribution in [0.5, 0.6) is 11.5 Å². The van der Waals surface area contributed by atoms with Crippen molar-refractivity contribution in [1.29, 1.82) is 0 Å². The van der Waals surface area contributed by atoms with Crippen molar-refractivity contribution in [1.82, 2.24) is 10.6 Å². The number of methoxy groups -OCH3 is 2. The van der Waals surface area contributed by atoms with Gasteiger partial charge in [0.1, 0.15) is 0 Å². The maximum absolute atomic E-state index is 11.7. The minimum atomic E-state index is 0.136. The molecule has 1 fully saturated rings. The van der Waals surface area contributed by atoms with Crippen LogP contribution in [-0.2, 0) is 11.2 Å². The first kappa shape index (κ1) is 14.7. The lowest BCUT2D eigenvalue weighted by atomic mass is 9.99. The zero-order valence-corrected chi connectivity index (χ0v) is 12.1. The fourth-order valence-corrected chi connectivity index (χ4v) is 2.21. The van der Waals surface area contributed by atoms with Crippen LogP contribution in [0.2, 0.25) is 0 Å². The van der Waals surface area contributed by atoms with Gasteiger partial charge in [-0.15, -0.1) is 0 Å². The highest BCUT2D eigenvalue weighted by Crippen LogP contribution is 2.27. The van der Waals surface area contributed by atoms with E-state index < -0.39 is 0 Å². The van der Waals surface area contributed by atoms with E-state index in [0.717, 1.165) is 36.6 Å². The van der Waals surface area contributed by atoms with Gasteiger partial charge in [0.25, 0.3) is 0 Å². The maximum atomic E-state index is 11.7. The maximum Gasteiger partial charge on any atom is 0.220 e. The number of benzene rings is 1. The summed E-state index contributed by atoms with van der Waals surface area (Å²) in [6.45, 7) is 2.57. The van der Waals surface area contributed by atoms with E-state index in [0.29, 0.717) is 18.9 Å². The Morgan fingerprint density at radius 3 is 2.65 bits per heavy atom. The van der Waals surface area contributed by atoms with E-state index in [-0.39, 0.29) is 5.91 Å². The average molecular weight is 278 g/mol. The van der Waals surface area contributed by atoms with E-state index >= 15 is 0 Å². The van der Waals surface area contributed by atoms with Crippen molar-refractivity contribution in [3.05, 3.63) is 23.8 Å². The van der Waals surface area contributed by atoms with E-state index in [1.54, 1.807) is 14.2 Å². The lowest BCUT2D eigenvalue weighted by molar-refractivity contribution is -0.122. The molecule has 2 rings (SSSR count). The number of carbonyl (C=O) groups is 1. The zero-order valence-electron chi connectivity index (χ0n) is 12.1. The molecule has 0 spiro atoms. The highest BCUT2D eigenvalue weighted by atomic mass is 16.5. The van der Waals surface area contributed by atoms with E-state index in [9.17, 15) is 4.79 Å². The third-order valence-electron chi connectivity index (χ3n) is 3.52. The molecule has 1 saturated heterocycles. The SMILES string of the molecule is COc1ccc(CCNC(=O)CC2CNC2)cc1OC. The van der Waals surface area contributed by atoms with Crippen LogP contribution in [0.4, 0.5) is 0 Å². The molecule has 0 bridgehead atoms. The van der Waals surface area contributed by atoms with Gasteiger partial charge < -0.3 is 20.1 Å². The standard InChI is InChI=1S/C15H22N2O3/c1-19-13-4-3-11(7-14(13)20-2)5-6-17-15(18)8-12-9-16-10-12/h3-4,7,12,16H,5-6,8-10H2,1-2H3,(H,17,18). The van der Waals surface area contributed by atoms with Crippen LogP contribution in [0.15, 0.2) is 18.2 Å². The molecule has 0 aliphatic carbocycles. The minimum absolute atomic E-state index is 0.136. The van der Waals surface area contributed by atoms with Crippen LogP contribution in [0.25, 0.3) is 0 Å². The van der Waals surface area contributed by atoms with E-state index in [2.05, 4.69) is 10.6 Å². The molecule has 2 N–H and O–H groups in total. The molecule has 0 unspecified atom stereocenters. The minimum Gasteiger partial charge on any atom is -0.493 e. The van der Waals surface area contributed by atoms with Gasteiger partial charge in [-0.3, -0.25) is 4.79 Å². The summed E-state index contributed by atoms with van der Waals surface area (Å²) >= 11 is 0. The number of hydrogen-bond acceptors (Lipinski definition) is 4. The second-order valence-corrected chi connectivity index (χ2v) is 5.02. The first-order valence-corrected chi connectivity index (χ1v) is 6.91. The van der Waals surface area contributed by atoms with Crippen molar-refractivity contribution >= 4 is 5.91 Å². The summed E-state index contributed by atoms with van der Waals surface area (Å²) < 4.78 is 10.5. The van der Waals surface area contributed by atoms with Crippen molar-refractivity contribution in [2.45, 2.75) is 12.8 Å². The fraction of sp³-hybridized carbons (Fsp3) is 0.533. The van der Waals surface area contributed by atoms with Gasteiger partial charge in [-0.2, -0.15) is 0 Å². The molecular weight excluding hydrogens is 256 g/mol. The lowest BCUT2D eigenvalue weighted by Crippen LogP contribution is -2.44. The second kappa shape index (κ2) is 7.14. The molecule has 0 radical (unpaired) electrons. The van der Waals surface area contributed by atoms with Gasteiger partial charge in [0, 0.05) is 13.0 Å². The summed E-state index contributed by atoms with van der Waals surface area (Å²) in [5.74, 6) is 2.09. The Hall–Kier alpha value is -1.75. The van der Waals surface area contributed by atoms with Crippen LogP contribution in [0.3, 0.4) is 0 Å². The van der Waals surface area contributed by atoms with Crippen LogP contribution >= 0.6 is 0 Å². The normalized spacial score (nSPS) is 14.5. The molecule has 5 nitrogen and oxygen atoms in total. The van der Waals surface area contributed by atoms with Crippen molar-refractivity contribution in [3.8, 4) is 11.5 Å². The van der Waals surface area contributed by atoms with Crippen molar-refractivity contribution in [3.63, 3.8) is 0 Å². The Morgan fingerprint density at radius 2 is 2.05 bits per heavy atom. The Labute approximate surface area is 119 Å². The van der Waals surface area contributed by atoms with E-state index in [4.69, 9.17) is 9.47 Å². The molecule has 1 amide bonds. The molecule has 110 valence electrons. The fourth-order valence-electron chi connectivity index (χ4n) is 2.21. The predicted octanol–water partition coefficient (Wildman–Crippen LogP) is 0.972. The largest absolute Gasteiger partial charge is 0.493 e. The third kappa shape index (κ3) is 3.87. The highest BCUT2D eigenvalue weighted by Gasteiger charge is 2.19. The van der Waals surface area contributed by atoms with Crippen LogP contribution < -0.4 is 20.1 Å².